The van der Waals surface area contributed by atoms with E-state index in [0.29, 0.717) is 24.1 Å². The minimum atomic E-state index is 0.183. The second kappa shape index (κ2) is 6.31. The van der Waals surface area contributed by atoms with Crippen LogP contribution in [0.1, 0.15) is 70.5 Å². The molecule has 1 aromatic heterocycles. The Kier molecular flexibility index (Phi) is 4.72. The van der Waals surface area contributed by atoms with Crippen molar-refractivity contribution in [1.82, 2.24) is 10.1 Å². The van der Waals surface area contributed by atoms with Gasteiger partial charge in [0.25, 0.3) is 0 Å². The van der Waals surface area contributed by atoms with Crippen LogP contribution in [0, 0.1) is 11.8 Å². The van der Waals surface area contributed by atoms with Crippen molar-refractivity contribution in [1.29, 1.82) is 0 Å². The lowest BCUT2D eigenvalue weighted by atomic mass is 9.82. The van der Waals surface area contributed by atoms with Crippen LogP contribution in [0.2, 0.25) is 0 Å². The van der Waals surface area contributed by atoms with Crippen LogP contribution in [0.15, 0.2) is 4.52 Å². The van der Waals surface area contributed by atoms with Crippen molar-refractivity contribution >= 4 is 5.78 Å². The fourth-order valence-electron chi connectivity index (χ4n) is 2.87. The normalized spacial score (nSPS) is 23.8. The summed E-state index contributed by atoms with van der Waals surface area (Å²) < 4.78 is 5.22. The lowest BCUT2D eigenvalue weighted by Crippen LogP contribution is -2.13. The van der Waals surface area contributed by atoms with Crippen LogP contribution in [0.4, 0.5) is 0 Å². The van der Waals surface area contributed by atoms with Crippen LogP contribution in [-0.2, 0) is 11.2 Å². The summed E-state index contributed by atoms with van der Waals surface area (Å²) in [7, 11) is 0. The zero-order chi connectivity index (χ0) is 13.8. The molecule has 1 heterocycles. The highest BCUT2D eigenvalue weighted by atomic mass is 16.5. The van der Waals surface area contributed by atoms with Crippen molar-refractivity contribution in [3.05, 3.63) is 11.7 Å². The second-order valence-electron chi connectivity index (χ2n) is 6.33. The molecule has 0 amide bonds. The Hall–Kier alpha value is -1.19. The number of hydrogen-bond acceptors (Lipinski definition) is 4. The van der Waals surface area contributed by atoms with E-state index in [-0.39, 0.29) is 12.2 Å². The van der Waals surface area contributed by atoms with E-state index in [9.17, 15) is 4.79 Å². The van der Waals surface area contributed by atoms with Crippen molar-refractivity contribution in [3.8, 4) is 0 Å². The molecule has 2 atom stereocenters. The van der Waals surface area contributed by atoms with E-state index >= 15 is 0 Å². The molecule has 1 aliphatic carbocycles. The highest BCUT2D eigenvalue weighted by Crippen LogP contribution is 2.34. The smallest absolute Gasteiger partial charge is 0.234 e. The van der Waals surface area contributed by atoms with Gasteiger partial charge in [-0.3, -0.25) is 4.79 Å². The highest BCUT2D eigenvalue weighted by Gasteiger charge is 2.25. The molecule has 0 aliphatic heterocycles. The predicted molar refractivity (Wildman–Crippen MR) is 72.8 cm³/mol. The number of nitrogens with zero attached hydrogens (tertiary/aromatic N) is 2. The quantitative estimate of drug-likeness (QED) is 0.816. The molecule has 0 aromatic carbocycles. The van der Waals surface area contributed by atoms with Gasteiger partial charge in [-0.25, -0.2) is 0 Å². The zero-order valence-corrected chi connectivity index (χ0v) is 12.2. The summed E-state index contributed by atoms with van der Waals surface area (Å²) in [5.74, 6) is 3.01. The Balaban J connectivity index is 1.93. The third kappa shape index (κ3) is 4.15. The van der Waals surface area contributed by atoms with Gasteiger partial charge in [-0.15, -0.1) is 0 Å². The van der Waals surface area contributed by atoms with E-state index in [1.54, 1.807) is 0 Å². The largest absolute Gasteiger partial charge is 0.339 e. The average molecular weight is 264 g/mol. The maximum Gasteiger partial charge on any atom is 0.234 e. The molecule has 0 bridgehead atoms. The van der Waals surface area contributed by atoms with Gasteiger partial charge in [0.1, 0.15) is 5.78 Å². The third-order valence-electron chi connectivity index (χ3n) is 3.77. The molecular weight excluding hydrogens is 240 g/mol. The summed E-state index contributed by atoms with van der Waals surface area (Å²) in [5, 5.41) is 4.07. The van der Waals surface area contributed by atoms with E-state index in [1.165, 1.54) is 12.8 Å². The summed E-state index contributed by atoms with van der Waals surface area (Å²) in [5.41, 5.74) is 0. The molecule has 4 nitrogen and oxygen atoms in total. The Labute approximate surface area is 115 Å². The number of hydrogen-bond donors (Lipinski definition) is 0. The summed E-state index contributed by atoms with van der Waals surface area (Å²) >= 11 is 0. The van der Waals surface area contributed by atoms with Gasteiger partial charge in [0, 0.05) is 12.3 Å². The van der Waals surface area contributed by atoms with Crippen LogP contribution >= 0.6 is 0 Å². The number of ketones is 1. The summed E-state index contributed by atoms with van der Waals surface area (Å²) in [4.78, 5) is 16.1. The lowest BCUT2D eigenvalue weighted by Gasteiger charge is -2.23. The standard InChI is InChI=1S/C15H24N2O2/c1-10(2)7-13(18)9-14-16-15(17-19-14)12-6-4-5-11(3)8-12/h10-12H,4-9H2,1-3H3. The summed E-state index contributed by atoms with van der Waals surface area (Å²) in [6, 6.07) is 0. The molecular formula is C15H24N2O2. The van der Waals surface area contributed by atoms with Gasteiger partial charge in [-0.05, 0) is 24.7 Å². The van der Waals surface area contributed by atoms with Gasteiger partial charge in [-0.1, -0.05) is 38.8 Å². The molecule has 2 unspecified atom stereocenters. The van der Waals surface area contributed by atoms with Crippen LogP contribution in [-0.4, -0.2) is 15.9 Å². The van der Waals surface area contributed by atoms with E-state index in [4.69, 9.17) is 4.52 Å². The van der Waals surface area contributed by atoms with Crippen LogP contribution in [0.5, 0.6) is 0 Å². The molecule has 1 aromatic rings. The van der Waals surface area contributed by atoms with Crippen LogP contribution < -0.4 is 0 Å². The lowest BCUT2D eigenvalue weighted by molar-refractivity contribution is -0.119. The van der Waals surface area contributed by atoms with Gasteiger partial charge < -0.3 is 4.52 Å². The first-order valence-electron chi connectivity index (χ1n) is 7.38. The van der Waals surface area contributed by atoms with Gasteiger partial charge in [-0.2, -0.15) is 4.98 Å². The van der Waals surface area contributed by atoms with E-state index in [0.717, 1.165) is 24.6 Å². The maximum atomic E-state index is 11.7. The Bertz CT molecular complexity index is 426. The highest BCUT2D eigenvalue weighted by molar-refractivity contribution is 5.80. The van der Waals surface area contributed by atoms with E-state index < -0.39 is 0 Å². The van der Waals surface area contributed by atoms with Crippen molar-refractivity contribution < 1.29 is 9.32 Å². The summed E-state index contributed by atoms with van der Waals surface area (Å²) in [6.07, 6.45) is 5.68. The molecule has 0 N–H and O–H groups in total. The molecule has 1 aliphatic rings. The number of rotatable bonds is 5. The van der Waals surface area contributed by atoms with Crippen molar-refractivity contribution in [2.24, 2.45) is 11.8 Å². The second-order valence-corrected chi connectivity index (χ2v) is 6.33. The SMILES string of the molecule is CC(C)CC(=O)Cc1nc(C2CCCC(C)C2)no1. The molecule has 0 radical (unpaired) electrons. The zero-order valence-electron chi connectivity index (χ0n) is 12.2. The number of carbonyl (C=O) groups is 1. The number of aromatic nitrogens is 2. The molecule has 0 saturated heterocycles. The predicted octanol–water partition coefficient (Wildman–Crippen LogP) is 3.52. The van der Waals surface area contributed by atoms with Crippen LogP contribution in [0.25, 0.3) is 0 Å². The molecule has 1 fully saturated rings. The first-order chi connectivity index (χ1) is 9.04. The first-order valence-corrected chi connectivity index (χ1v) is 7.38. The van der Waals surface area contributed by atoms with Gasteiger partial charge in [0.05, 0.1) is 6.42 Å². The molecule has 19 heavy (non-hydrogen) atoms. The van der Waals surface area contributed by atoms with E-state index in [1.807, 2.05) is 13.8 Å². The molecule has 0 spiro atoms. The topological polar surface area (TPSA) is 56.0 Å². The third-order valence-corrected chi connectivity index (χ3v) is 3.77. The number of Topliss-reactive ketones (excluding diaryl/α,β-unsaturated/α-hetero) is 1. The Morgan fingerprint density at radius 2 is 2.21 bits per heavy atom. The summed E-state index contributed by atoms with van der Waals surface area (Å²) in [6.45, 7) is 6.36. The number of carbonyl (C=O) groups excluding carboxylic acids is 1. The van der Waals surface area contributed by atoms with E-state index in [2.05, 4.69) is 17.1 Å². The van der Waals surface area contributed by atoms with Crippen molar-refractivity contribution in [2.45, 2.75) is 65.2 Å². The maximum absolute atomic E-state index is 11.7. The fraction of sp³-hybridized carbons (Fsp3) is 0.800. The molecule has 4 heteroatoms. The average Bonchev–Trinajstić information content (AvgIpc) is 2.76. The minimum absolute atomic E-state index is 0.183. The monoisotopic (exact) mass is 264 g/mol. The molecule has 106 valence electrons. The van der Waals surface area contributed by atoms with Crippen molar-refractivity contribution in [2.75, 3.05) is 0 Å². The molecule has 1 saturated carbocycles. The first kappa shape index (κ1) is 14.2. The minimum Gasteiger partial charge on any atom is -0.339 e. The molecule has 2 rings (SSSR count). The van der Waals surface area contributed by atoms with Gasteiger partial charge in [0.2, 0.25) is 5.89 Å². The van der Waals surface area contributed by atoms with Crippen LogP contribution in [0.3, 0.4) is 0 Å². The van der Waals surface area contributed by atoms with Crippen molar-refractivity contribution in [3.63, 3.8) is 0 Å². The Morgan fingerprint density at radius 3 is 2.89 bits per heavy atom. The van der Waals surface area contributed by atoms with Gasteiger partial charge in [0.15, 0.2) is 5.82 Å². The Morgan fingerprint density at radius 1 is 1.42 bits per heavy atom. The van der Waals surface area contributed by atoms with Gasteiger partial charge >= 0.3 is 0 Å². The fourth-order valence-corrected chi connectivity index (χ4v) is 2.87.